The summed E-state index contributed by atoms with van der Waals surface area (Å²) in [6.45, 7) is 15.8. The van der Waals surface area contributed by atoms with Crippen LogP contribution in [0.1, 0.15) is 121 Å². The van der Waals surface area contributed by atoms with Gasteiger partial charge in [0.2, 0.25) is 0 Å². The van der Waals surface area contributed by atoms with Crippen molar-refractivity contribution < 1.29 is 9.59 Å². The van der Waals surface area contributed by atoms with E-state index in [1.165, 1.54) is 5.56 Å². The summed E-state index contributed by atoms with van der Waals surface area (Å²) in [6, 6.07) is 38.0. The normalized spacial score (nSPS) is 12.1. The highest BCUT2D eigenvalue weighted by Crippen LogP contribution is 2.35. The molecule has 330 valence electrons. The third kappa shape index (κ3) is 9.52. The summed E-state index contributed by atoms with van der Waals surface area (Å²) < 4.78 is 5.45. The molecule has 0 aliphatic rings. The Hall–Kier alpha value is -6.83. The lowest BCUT2D eigenvalue weighted by atomic mass is 9.99. The van der Waals surface area contributed by atoms with Crippen molar-refractivity contribution in [1.82, 2.24) is 19.1 Å². The number of fused-ring (bicyclic) bond motifs is 2. The zero-order chi connectivity index (χ0) is 46.7. The Morgan fingerprint density at radius 1 is 0.600 bits per heavy atom. The number of nitrogens with one attached hydrogen (secondary N) is 2. The number of carbonyl (C=O) groups is 2. The maximum atomic E-state index is 13.4. The molecule has 4 heterocycles. The lowest BCUT2D eigenvalue weighted by molar-refractivity contribution is 0.0975. The number of nitriles is 1. The Bertz CT molecular complexity index is 3290. The van der Waals surface area contributed by atoms with Gasteiger partial charge in [0.15, 0.2) is 11.6 Å². The first kappa shape index (κ1) is 46.2. The predicted molar refractivity (Wildman–Crippen MR) is 265 cm³/mol. The number of hydrogen-bond donors (Lipinski definition) is 2. The SMILES string of the molecule is Cc1cc(C)c(CCC(=O)c2c(C)n(C(C)c3cccc(Br)c3)c3ccccc23)c(=O)[nH]1.Cc1cc(C)c(CCC(=O)c2c(C)n(C(C)c3cccc(C#N)c3)c3ccccc23)c(=O)[nH]1. The van der Waals surface area contributed by atoms with E-state index in [-0.39, 0.29) is 41.2 Å². The first-order chi connectivity index (χ1) is 31.1. The van der Waals surface area contributed by atoms with Crippen LogP contribution in [0.15, 0.2) is 123 Å². The summed E-state index contributed by atoms with van der Waals surface area (Å²) in [5.74, 6) is 0.0954. The molecular weight excluding hydrogens is 875 g/mol. The second-order valence-corrected chi connectivity index (χ2v) is 18.0. The number of carbonyl (C=O) groups excluding carboxylic acids is 2. The minimum Gasteiger partial charge on any atom is -0.337 e. The van der Waals surface area contributed by atoms with Crippen molar-refractivity contribution in [2.45, 2.75) is 93.2 Å². The fourth-order valence-corrected chi connectivity index (χ4v) is 9.95. The second kappa shape index (κ2) is 19.5. The Morgan fingerprint density at radius 3 is 1.46 bits per heavy atom. The molecule has 4 aromatic heterocycles. The number of nitrogens with zero attached hydrogens (tertiary/aromatic N) is 3. The van der Waals surface area contributed by atoms with Crippen LogP contribution in [0.5, 0.6) is 0 Å². The van der Waals surface area contributed by atoms with E-state index in [9.17, 15) is 24.4 Å². The molecule has 0 radical (unpaired) electrons. The van der Waals surface area contributed by atoms with Gasteiger partial charge in [-0.25, -0.2) is 0 Å². The zero-order valence-corrected chi connectivity index (χ0v) is 39.8. The molecule has 65 heavy (non-hydrogen) atoms. The average Bonchev–Trinajstić information content (AvgIpc) is 3.74. The van der Waals surface area contributed by atoms with E-state index in [0.717, 1.165) is 71.3 Å². The standard InChI is InChI=1S/C28H27N3O2.C27H27BrN2O2/c1-17-14-18(2)30-28(33)23(17)12-13-26(32)27-20(4)31(25-11-6-5-10-24(25)27)19(3)22-9-7-8-21(15-22)16-29;1-16-14-17(2)29-27(32)22(16)12-13-25(31)26-19(4)30(24-11-6-5-10-23(24)26)18(3)20-8-7-9-21(28)15-20/h5-11,14-15,19H,12-13H2,1-4H3,(H,30,33);5-11,14-15,18H,12-13H2,1-4H3,(H,29,32). The molecule has 0 aliphatic carbocycles. The van der Waals surface area contributed by atoms with Crippen LogP contribution in [0.25, 0.3) is 21.8 Å². The number of para-hydroxylation sites is 2. The molecule has 2 atom stereocenters. The molecule has 0 bridgehead atoms. The molecule has 0 fully saturated rings. The van der Waals surface area contributed by atoms with Gasteiger partial charge in [0.25, 0.3) is 11.1 Å². The third-order valence-electron chi connectivity index (χ3n) is 12.7. The highest BCUT2D eigenvalue weighted by molar-refractivity contribution is 9.10. The number of aromatic nitrogens is 4. The summed E-state index contributed by atoms with van der Waals surface area (Å²) in [6.07, 6.45) is 1.40. The number of aromatic amines is 2. The van der Waals surface area contributed by atoms with Crippen molar-refractivity contribution in [3.05, 3.63) is 207 Å². The molecule has 10 heteroatoms. The lowest BCUT2D eigenvalue weighted by Crippen LogP contribution is -2.17. The molecule has 9 nitrogen and oxygen atoms in total. The van der Waals surface area contributed by atoms with E-state index < -0.39 is 0 Å². The zero-order valence-electron chi connectivity index (χ0n) is 38.2. The van der Waals surface area contributed by atoms with E-state index >= 15 is 0 Å². The lowest BCUT2D eigenvalue weighted by Gasteiger charge is -2.19. The fraction of sp³-hybridized carbons (Fsp3) is 0.255. The number of pyridine rings is 2. The largest absolute Gasteiger partial charge is 0.337 e. The molecule has 2 unspecified atom stereocenters. The highest BCUT2D eigenvalue weighted by Gasteiger charge is 2.25. The van der Waals surface area contributed by atoms with Crippen molar-refractivity contribution in [1.29, 1.82) is 5.26 Å². The molecular formula is C55H54BrN5O4. The molecule has 4 aromatic carbocycles. The van der Waals surface area contributed by atoms with Crippen molar-refractivity contribution in [3.63, 3.8) is 0 Å². The Balaban J connectivity index is 0.000000194. The highest BCUT2D eigenvalue weighted by atomic mass is 79.9. The first-order valence-corrected chi connectivity index (χ1v) is 22.8. The average molecular weight is 929 g/mol. The summed E-state index contributed by atoms with van der Waals surface area (Å²) in [5, 5.41) is 11.2. The van der Waals surface area contributed by atoms with Gasteiger partial charge in [-0.1, -0.05) is 76.6 Å². The second-order valence-electron chi connectivity index (χ2n) is 17.1. The summed E-state index contributed by atoms with van der Waals surface area (Å²) in [5.41, 5.74) is 12.8. The van der Waals surface area contributed by atoms with Crippen LogP contribution in [0.4, 0.5) is 0 Å². The van der Waals surface area contributed by atoms with Crippen molar-refractivity contribution in [2.75, 3.05) is 0 Å². The first-order valence-electron chi connectivity index (χ1n) is 22.0. The maximum absolute atomic E-state index is 13.4. The van der Waals surface area contributed by atoms with Gasteiger partial charge in [-0.05, 0) is 139 Å². The molecule has 0 spiro atoms. The molecule has 8 aromatic rings. The minimum absolute atomic E-state index is 0.0276. The van der Waals surface area contributed by atoms with E-state index in [1.54, 1.807) is 6.07 Å². The van der Waals surface area contributed by atoms with E-state index in [1.807, 2.05) is 126 Å². The number of halogens is 1. The smallest absolute Gasteiger partial charge is 0.251 e. The number of hydrogen-bond acceptors (Lipinski definition) is 5. The van der Waals surface area contributed by atoms with Gasteiger partial charge in [0.1, 0.15) is 0 Å². The van der Waals surface area contributed by atoms with Gasteiger partial charge < -0.3 is 19.1 Å². The Morgan fingerprint density at radius 2 is 1.03 bits per heavy atom. The van der Waals surface area contributed by atoms with Crippen LogP contribution in [0.3, 0.4) is 0 Å². The number of aryl methyl sites for hydroxylation is 4. The van der Waals surface area contributed by atoms with Gasteiger partial charge in [-0.2, -0.15) is 5.26 Å². The van der Waals surface area contributed by atoms with Crippen molar-refractivity contribution >= 4 is 49.3 Å². The number of H-pyrrole nitrogens is 2. The van der Waals surface area contributed by atoms with Crippen molar-refractivity contribution in [3.8, 4) is 6.07 Å². The van der Waals surface area contributed by atoms with E-state index in [4.69, 9.17) is 0 Å². The van der Waals surface area contributed by atoms with Crippen LogP contribution < -0.4 is 11.1 Å². The van der Waals surface area contributed by atoms with Crippen molar-refractivity contribution in [2.24, 2.45) is 0 Å². The Labute approximate surface area is 387 Å². The van der Waals surface area contributed by atoms with Crippen LogP contribution in [-0.4, -0.2) is 30.7 Å². The summed E-state index contributed by atoms with van der Waals surface area (Å²) in [4.78, 5) is 57.4. The van der Waals surface area contributed by atoms with Crippen LogP contribution >= 0.6 is 15.9 Å². The summed E-state index contributed by atoms with van der Waals surface area (Å²) in [7, 11) is 0. The van der Waals surface area contributed by atoms with Gasteiger partial charge >= 0.3 is 0 Å². The molecule has 0 aliphatic heterocycles. The maximum Gasteiger partial charge on any atom is 0.251 e. The molecule has 0 amide bonds. The number of benzene rings is 4. The molecule has 0 saturated carbocycles. The van der Waals surface area contributed by atoms with Crippen LogP contribution in [0.2, 0.25) is 0 Å². The number of rotatable bonds is 12. The van der Waals surface area contributed by atoms with Gasteiger partial charge in [-0.15, -0.1) is 0 Å². The molecule has 2 N–H and O–H groups in total. The van der Waals surface area contributed by atoms with E-state index in [2.05, 4.69) is 73.1 Å². The van der Waals surface area contributed by atoms with Gasteiger partial charge in [0, 0.05) is 84.1 Å². The topological polar surface area (TPSA) is 134 Å². The summed E-state index contributed by atoms with van der Waals surface area (Å²) >= 11 is 3.57. The number of Topliss-reactive ketones (excluding diaryl/α,β-unsaturated/α-hetero) is 2. The molecule has 0 saturated heterocycles. The Kier molecular flexibility index (Phi) is 13.9. The van der Waals surface area contributed by atoms with Gasteiger partial charge in [-0.3, -0.25) is 19.2 Å². The monoisotopic (exact) mass is 927 g/mol. The third-order valence-corrected chi connectivity index (χ3v) is 13.2. The molecule has 8 rings (SSSR count). The fourth-order valence-electron chi connectivity index (χ4n) is 9.53. The van der Waals surface area contributed by atoms with Gasteiger partial charge in [0.05, 0.1) is 23.7 Å². The quantitative estimate of drug-likeness (QED) is 0.118. The predicted octanol–water partition coefficient (Wildman–Crippen LogP) is 12.0. The van der Waals surface area contributed by atoms with Crippen LogP contribution in [-0.2, 0) is 12.8 Å². The minimum atomic E-state index is -0.120. The van der Waals surface area contributed by atoms with Crippen LogP contribution in [0, 0.1) is 52.9 Å². The van der Waals surface area contributed by atoms with E-state index in [0.29, 0.717) is 41.5 Å². The number of ketones is 2.